The molecule has 180 valence electrons. The van der Waals surface area contributed by atoms with Crippen LogP contribution in [-0.4, -0.2) is 50.5 Å². The van der Waals surface area contributed by atoms with E-state index in [0.29, 0.717) is 47.0 Å². The minimum Gasteiger partial charge on any atom is -0.479 e. The van der Waals surface area contributed by atoms with E-state index in [1.54, 1.807) is 38.1 Å². The summed E-state index contributed by atoms with van der Waals surface area (Å²) in [6.45, 7) is 3.90. The average molecular weight is 488 g/mol. The van der Waals surface area contributed by atoms with Crippen molar-refractivity contribution in [1.29, 1.82) is 0 Å². The molecule has 2 N–H and O–H groups in total. The third-order valence-electron chi connectivity index (χ3n) is 6.29. The molecule has 0 unspecified atom stereocenters. The van der Waals surface area contributed by atoms with Crippen molar-refractivity contribution in [2.24, 2.45) is 5.92 Å². The van der Waals surface area contributed by atoms with E-state index in [0.717, 1.165) is 0 Å². The molecule has 11 heteroatoms. The summed E-state index contributed by atoms with van der Waals surface area (Å²) in [7, 11) is -3.79. The molecule has 0 spiro atoms. The standard InChI is InChI=1S/C23H25N3O7S/c1-13-9-17-19(33-14(2)22(27)25-17)11-21(13)34(29,30)26-7-5-15(6-8-26)23(28)24-16-3-4-18-20(10-16)32-12-31-18/h3-4,9-11,14-15H,5-8,12H2,1-2H3,(H,24,28)(H,25,27)/t14-/m1/s1. The average Bonchev–Trinajstić information content (AvgIpc) is 3.28. The first-order valence-corrected chi connectivity index (χ1v) is 12.5. The van der Waals surface area contributed by atoms with Crippen LogP contribution in [0.25, 0.3) is 0 Å². The number of hydrogen-bond donors (Lipinski definition) is 2. The molecule has 34 heavy (non-hydrogen) atoms. The van der Waals surface area contributed by atoms with E-state index in [1.165, 1.54) is 10.4 Å². The molecule has 0 bridgehead atoms. The van der Waals surface area contributed by atoms with Crippen molar-refractivity contribution in [2.45, 2.75) is 37.7 Å². The lowest BCUT2D eigenvalue weighted by Gasteiger charge is -2.31. The Kier molecular flexibility index (Phi) is 5.61. The fourth-order valence-electron chi connectivity index (χ4n) is 4.34. The van der Waals surface area contributed by atoms with Crippen molar-refractivity contribution < 1.29 is 32.2 Å². The van der Waals surface area contributed by atoms with Crippen LogP contribution in [0.15, 0.2) is 35.2 Å². The summed E-state index contributed by atoms with van der Waals surface area (Å²) in [6.07, 6.45) is 0.108. The van der Waals surface area contributed by atoms with Crippen molar-refractivity contribution in [3.63, 3.8) is 0 Å². The molecule has 5 rings (SSSR count). The van der Waals surface area contributed by atoms with Gasteiger partial charge in [-0.15, -0.1) is 0 Å². The van der Waals surface area contributed by atoms with Gasteiger partial charge in [0.05, 0.1) is 10.6 Å². The van der Waals surface area contributed by atoms with Crippen LogP contribution in [0.1, 0.15) is 25.3 Å². The van der Waals surface area contributed by atoms with Gasteiger partial charge in [0.1, 0.15) is 5.75 Å². The number of rotatable bonds is 4. The Balaban J connectivity index is 1.26. The van der Waals surface area contributed by atoms with Gasteiger partial charge in [-0.25, -0.2) is 8.42 Å². The first-order valence-electron chi connectivity index (χ1n) is 11.1. The Morgan fingerprint density at radius 3 is 2.59 bits per heavy atom. The summed E-state index contributed by atoms with van der Waals surface area (Å²) in [6, 6.07) is 8.27. The maximum Gasteiger partial charge on any atom is 0.265 e. The summed E-state index contributed by atoms with van der Waals surface area (Å²) in [4.78, 5) is 24.7. The van der Waals surface area contributed by atoms with Crippen molar-refractivity contribution in [2.75, 3.05) is 30.5 Å². The normalized spacial score (nSPS) is 20.3. The number of piperidine rings is 1. The second-order valence-corrected chi connectivity index (χ2v) is 10.5. The Morgan fingerprint density at radius 2 is 1.82 bits per heavy atom. The molecule has 2 aromatic carbocycles. The van der Waals surface area contributed by atoms with Crippen LogP contribution in [0, 0.1) is 12.8 Å². The predicted molar refractivity (Wildman–Crippen MR) is 123 cm³/mol. The van der Waals surface area contributed by atoms with Gasteiger partial charge in [-0.1, -0.05) is 0 Å². The van der Waals surface area contributed by atoms with Crippen LogP contribution in [0.5, 0.6) is 17.2 Å². The zero-order valence-corrected chi connectivity index (χ0v) is 19.6. The highest BCUT2D eigenvalue weighted by atomic mass is 32.2. The van der Waals surface area contributed by atoms with Crippen molar-refractivity contribution in [3.8, 4) is 17.2 Å². The van der Waals surface area contributed by atoms with Gasteiger partial charge < -0.3 is 24.8 Å². The maximum atomic E-state index is 13.4. The number of nitrogens with zero attached hydrogens (tertiary/aromatic N) is 1. The highest BCUT2D eigenvalue weighted by molar-refractivity contribution is 7.89. The summed E-state index contributed by atoms with van der Waals surface area (Å²) in [5, 5.41) is 5.61. The second kappa shape index (κ2) is 8.48. The van der Waals surface area contributed by atoms with Crippen molar-refractivity contribution in [3.05, 3.63) is 35.9 Å². The van der Waals surface area contributed by atoms with E-state index in [2.05, 4.69) is 10.6 Å². The van der Waals surface area contributed by atoms with Gasteiger partial charge >= 0.3 is 0 Å². The molecule has 3 aliphatic rings. The van der Waals surface area contributed by atoms with Crippen LogP contribution in [0.3, 0.4) is 0 Å². The molecule has 1 fully saturated rings. The Bertz CT molecular complexity index is 1270. The molecule has 2 aromatic rings. The van der Waals surface area contributed by atoms with Crippen molar-refractivity contribution in [1.82, 2.24) is 4.31 Å². The van der Waals surface area contributed by atoms with Gasteiger partial charge in [-0.3, -0.25) is 9.59 Å². The van der Waals surface area contributed by atoms with Crippen LogP contribution in [0.4, 0.5) is 11.4 Å². The van der Waals surface area contributed by atoms with Crippen LogP contribution >= 0.6 is 0 Å². The Labute approximate surface area is 197 Å². The van der Waals surface area contributed by atoms with Crippen molar-refractivity contribution >= 4 is 33.2 Å². The highest BCUT2D eigenvalue weighted by Crippen LogP contribution is 2.37. The maximum absolute atomic E-state index is 13.4. The monoisotopic (exact) mass is 487 g/mol. The molecule has 0 aromatic heterocycles. The van der Waals surface area contributed by atoms with Crippen LogP contribution < -0.4 is 24.8 Å². The zero-order chi connectivity index (χ0) is 24.0. The summed E-state index contributed by atoms with van der Waals surface area (Å²) < 4.78 is 44.4. The van der Waals surface area contributed by atoms with Gasteiger partial charge in [0.15, 0.2) is 17.6 Å². The number of ether oxygens (including phenoxy) is 3. The number of anilines is 2. The SMILES string of the molecule is Cc1cc2c(cc1S(=O)(=O)N1CCC(C(=O)Nc3ccc4c(c3)OCO4)CC1)O[C@H](C)C(=O)N2. The first-order chi connectivity index (χ1) is 16.2. The van der Waals surface area contributed by atoms with E-state index in [4.69, 9.17) is 14.2 Å². The lowest BCUT2D eigenvalue weighted by atomic mass is 9.97. The smallest absolute Gasteiger partial charge is 0.265 e. The number of aryl methyl sites for hydroxylation is 1. The van der Waals surface area contributed by atoms with E-state index < -0.39 is 16.1 Å². The molecule has 0 radical (unpaired) electrons. The van der Waals surface area contributed by atoms with E-state index >= 15 is 0 Å². The van der Waals surface area contributed by atoms with Crippen LogP contribution in [-0.2, 0) is 19.6 Å². The first kappa shape index (κ1) is 22.5. The number of amides is 2. The molecule has 10 nitrogen and oxygen atoms in total. The second-order valence-electron chi connectivity index (χ2n) is 8.60. The largest absolute Gasteiger partial charge is 0.479 e. The molecule has 0 saturated carbocycles. The van der Waals surface area contributed by atoms with E-state index in [9.17, 15) is 18.0 Å². The number of hydrogen-bond acceptors (Lipinski definition) is 7. The summed E-state index contributed by atoms with van der Waals surface area (Å²) in [5.74, 6) is 0.811. The molecule has 0 aliphatic carbocycles. The predicted octanol–water partition coefficient (Wildman–Crippen LogP) is 2.48. The molecule has 3 aliphatic heterocycles. The number of carbonyl (C=O) groups is 2. The number of sulfonamides is 1. The minimum absolute atomic E-state index is 0.137. The molecule has 3 heterocycles. The summed E-state index contributed by atoms with van der Waals surface area (Å²) >= 11 is 0. The highest BCUT2D eigenvalue weighted by Gasteiger charge is 2.34. The number of nitrogens with one attached hydrogen (secondary N) is 2. The molecule has 1 saturated heterocycles. The third-order valence-corrected chi connectivity index (χ3v) is 8.33. The van der Waals surface area contributed by atoms with E-state index in [-0.39, 0.29) is 42.5 Å². The number of fused-ring (bicyclic) bond motifs is 2. The van der Waals surface area contributed by atoms with E-state index in [1.807, 2.05) is 0 Å². The van der Waals surface area contributed by atoms with Gasteiger partial charge in [-0.2, -0.15) is 4.31 Å². The van der Waals surface area contributed by atoms with Gasteiger partial charge in [0.2, 0.25) is 22.7 Å². The number of carbonyl (C=O) groups excluding carboxylic acids is 2. The van der Waals surface area contributed by atoms with Crippen LogP contribution in [0.2, 0.25) is 0 Å². The van der Waals surface area contributed by atoms with Gasteiger partial charge in [-0.05, 0) is 50.5 Å². The lowest BCUT2D eigenvalue weighted by molar-refractivity contribution is -0.123. The quantitative estimate of drug-likeness (QED) is 0.679. The van der Waals surface area contributed by atoms with Gasteiger partial charge in [0.25, 0.3) is 5.91 Å². The Hall–Kier alpha value is -3.31. The zero-order valence-electron chi connectivity index (χ0n) is 18.8. The topological polar surface area (TPSA) is 123 Å². The molecule has 1 atom stereocenters. The molecule has 2 amide bonds. The molecular weight excluding hydrogens is 462 g/mol. The third kappa shape index (κ3) is 4.05. The fraction of sp³-hybridized carbons (Fsp3) is 0.391. The fourth-order valence-corrected chi connectivity index (χ4v) is 6.03. The summed E-state index contributed by atoms with van der Waals surface area (Å²) in [5.41, 5.74) is 1.58. The number of benzene rings is 2. The molecular formula is C23H25N3O7S. The minimum atomic E-state index is -3.79. The van der Waals surface area contributed by atoms with Gasteiger partial charge in [0, 0.05) is 36.8 Å². The Morgan fingerprint density at radius 1 is 1.09 bits per heavy atom. The lowest BCUT2D eigenvalue weighted by Crippen LogP contribution is -2.41.